The molecule has 0 aliphatic carbocycles. The number of nitrogens with one attached hydrogen (secondary N) is 1. The summed E-state index contributed by atoms with van der Waals surface area (Å²) < 4.78 is 19.7. The average Bonchev–Trinajstić information content (AvgIpc) is 2.83. The van der Waals surface area contributed by atoms with Crippen molar-refractivity contribution < 1.29 is 9.13 Å². The predicted octanol–water partition coefficient (Wildman–Crippen LogP) is 4.18. The van der Waals surface area contributed by atoms with Gasteiger partial charge in [-0.1, -0.05) is 18.2 Å². The Hall–Kier alpha value is -1.55. The number of para-hydroxylation sites is 1. The molecule has 0 saturated heterocycles. The summed E-state index contributed by atoms with van der Waals surface area (Å²) in [7, 11) is 0. The second kappa shape index (κ2) is 5.21. The van der Waals surface area contributed by atoms with E-state index in [4.69, 9.17) is 4.74 Å². The number of halogens is 2. The Morgan fingerprint density at radius 1 is 1.26 bits per heavy atom. The summed E-state index contributed by atoms with van der Waals surface area (Å²) in [5.74, 6) is 1.01. The number of hydrogen-bond donors (Lipinski definition) is 1. The molecule has 0 saturated carbocycles. The largest absolute Gasteiger partial charge is 0.493 e. The Morgan fingerprint density at radius 3 is 3.00 bits per heavy atom. The van der Waals surface area contributed by atoms with E-state index in [2.05, 4.69) is 27.3 Å². The van der Waals surface area contributed by atoms with E-state index in [1.165, 1.54) is 17.7 Å². The van der Waals surface area contributed by atoms with Crippen LogP contribution in [0.25, 0.3) is 0 Å². The van der Waals surface area contributed by atoms with Crippen molar-refractivity contribution in [3.8, 4) is 5.75 Å². The molecule has 4 heteroatoms. The highest BCUT2D eigenvalue weighted by atomic mass is 79.9. The predicted molar refractivity (Wildman–Crippen MR) is 77.3 cm³/mol. The summed E-state index contributed by atoms with van der Waals surface area (Å²) in [6.45, 7) is 1.39. The molecule has 98 valence electrons. The van der Waals surface area contributed by atoms with Crippen molar-refractivity contribution in [2.24, 2.45) is 0 Å². The van der Waals surface area contributed by atoms with Crippen molar-refractivity contribution in [1.82, 2.24) is 0 Å². The molecule has 0 bridgehead atoms. The minimum atomic E-state index is -0.242. The molecule has 0 amide bonds. The number of hydrogen-bond acceptors (Lipinski definition) is 2. The smallest absolute Gasteiger partial charge is 0.125 e. The molecule has 2 aromatic carbocycles. The Kier molecular flexibility index (Phi) is 3.42. The minimum Gasteiger partial charge on any atom is -0.493 e. The SMILES string of the molecule is Fc1ccc(Br)c(NCC2COc3ccccc32)c1. The highest BCUT2D eigenvalue weighted by Gasteiger charge is 2.23. The first-order chi connectivity index (χ1) is 9.24. The molecule has 1 heterocycles. The molecule has 0 fully saturated rings. The molecular formula is C15H13BrFNO. The van der Waals surface area contributed by atoms with E-state index in [1.807, 2.05) is 18.2 Å². The Bertz CT molecular complexity index is 602. The van der Waals surface area contributed by atoms with Crippen molar-refractivity contribution in [3.05, 3.63) is 58.3 Å². The number of rotatable bonds is 3. The summed E-state index contributed by atoms with van der Waals surface area (Å²) in [4.78, 5) is 0. The monoisotopic (exact) mass is 321 g/mol. The molecule has 1 aliphatic rings. The molecule has 0 spiro atoms. The molecule has 1 unspecified atom stereocenters. The molecule has 2 nitrogen and oxygen atoms in total. The maximum absolute atomic E-state index is 13.2. The van der Waals surface area contributed by atoms with Gasteiger partial charge in [-0.2, -0.15) is 0 Å². The van der Waals surface area contributed by atoms with Crippen molar-refractivity contribution in [2.75, 3.05) is 18.5 Å². The Morgan fingerprint density at radius 2 is 2.11 bits per heavy atom. The van der Waals surface area contributed by atoms with Gasteiger partial charge >= 0.3 is 0 Å². The van der Waals surface area contributed by atoms with E-state index in [0.717, 1.165) is 22.5 Å². The second-order valence-corrected chi connectivity index (χ2v) is 5.41. The van der Waals surface area contributed by atoms with Crippen LogP contribution in [0.2, 0.25) is 0 Å². The fraction of sp³-hybridized carbons (Fsp3) is 0.200. The number of benzene rings is 2. The van der Waals surface area contributed by atoms with Crippen LogP contribution in [-0.4, -0.2) is 13.2 Å². The lowest BCUT2D eigenvalue weighted by Crippen LogP contribution is -2.14. The first kappa shape index (κ1) is 12.5. The maximum atomic E-state index is 13.2. The molecular weight excluding hydrogens is 309 g/mol. The molecule has 2 aromatic rings. The van der Waals surface area contributed by atoms with Crippen LogP contribution in [0, 0.1) is 5.82 Å². The van der Waals surface area contributed by atoms with Crippen LogP contribution in [0.4, 0.5) is 10.1 Å². The zero-order valence-corrected chi connectivity index (χ0v) is 11.8. The van der Waals surface area contributed by atoms with Gasteiger partial charge in [0, 0.05) is 22.5 Å². The first-order valence-corrected chi connectivity index (χ1v) is 6.94. The van der Waals surface area contributed by atoms with Gasteiger partial charge < -0.3 is 10.1 Å². The summed E-state index contributed by atoms with van der Waals surface area (Å²) in [6.07, 6.45) is 0. The van der Waals surface area contributed by atoms with Crippen molar-refractivity contribution in [1.29, 1.82) is 0 Å². The van der Waals surface area contributed by atoms with Crippen molar-refractivity contribution in [2.45, 2.75) is 5.92 Å². The third kappa shape index (κ3) is 2.59. The minimum absolute atomic E-state index is 0.242. The van der Waals surface area contributed by atoms with Gasteiger partial charge in [0.05, 0.1) is 12.3 Å². The van der Waals surface area contributed by atoms with Gasteiger partial charge in [0.1, 0.15) is 11.6 Å². The molecule has 0 radical (unpaired) electrons. The van der Waals surface area contributed by atoms with Crippen molar-refractivity contribution >= 4 is 21.6 Å². The van der Waals surface area contributed by atoms with E-state index in [1.54, 1.807) is 6.07 Å². The quantitative estimate of drug-likeness (QED) is 0.915. The number of fused-ring (bicyclic) bond motifs is 1. The zero-order chi connectivity index (χ0) is 13.2. The number of anilines is 1. The van der Waals surface area contributed by atoms with Gasteiger partial charge in [-0.05, 0) is 40.2 Å². The zero-order valence-electron chi connectivity index (χ0n) is 10.2. The third-order valence-electron chi connectivity index (χ3n) is 3.27. The standard InChI is InChI=1S/C15H13BrFNO/c16-13-6-5-11(17)7-14(13)18-8-10-9-19-15-4-2-1-3-12(10)15/h1-7,10,18H,8-9H2. The lowest BCUT2D eigenvalue weighted by Gasteiger charge is -2.13. The molecule has 0 aromatic heterocycles. The summed E-state index contributed by atoms with van der Waals surface area (Å²) in [5, 5.41) is 3.27. The van der Waals surface area contributed by atoms with E-state index in [9.17, 15) is 4.39 Å². The average molecular weight is 322 g/mol. The molecule has 3 rings (SSSR count). The lowest BCUT2D eigenvalue weighted by molar-refractivity contribution is 0.334. The van der Waals surface area contributed by atoms with Gasteiger partial charge in [-0.15, -0.1) is 0 Å². The van der Waals surface area contributed by atoms with Crippen LogP contribution in [0.1, 0.15) is 11.5 Å². The van der Waals surface area contributed by atoms with E-state index in [0.29, 0.717) is 12.5 Å². The third-order valence-corrected chi connectivity index (χ3v) is 3.96. The number of ether oxygens (including phenoxy) is 1. The topological polar surface area (TPSA) is 21.3 Å². The van der Waals surface area contributed by atoms with Crippen LogP contribution in [-0.2, 0) is 0 Å². The van der Waals surface area contributed by atoms with Gasteiger partial charge in [-0.25, -0.2) is 4.39 Å². The van der Waals surface area contributed by atoms with Gasteiger partial charge in [0.25, 0.3) is 0 Å². The van der Waals surface area contributed by atoms with Gasteiger partial charge in [0.2, 0.25) is 0 Å². The van der Waals surface area contributed by atoms with Crippen LogP contribution < -0.4 is 10.1 Å². The van der Waals surface area contributed by atoms with E-state index < -0.39 is 0 Å². The first-order valence-electron chi connectivity index (χ1n) is 6.14. The van der Waals surface area contributed by atoms with Gasteiger partial charge in [0.15, 0.2) is 0 Å². The maximum Gasteiger partial charge on any atom is 0.125 e. The Labute approximate surface area is 119 Å². The van der Waals surface area contributed by atoms with Gasteiger partial charge in [-0.3, -0.25) is 0 Å². The highest BCUT2D eigenvalue weighted by Crippen LogP contribution is 2.34. The Balaban J connectivity index is 1.72. The fourth-order valence-electron chi connectivity index (χ4n) is 2.26. The van der Waals surface area contributed by atoms with E-state index in [-0.39, 0.29) is 5.82 Å². The van der Waals surface area contributed by atoms with Crippen LogP contribution >= 0.6 is 15.9 Å². The summed E-state index contributed by atoms with van der Waals surface area (Å²) >= 11 is 3.41. The van der Waals surface area contributed by atoms with Crippen LogP contribution in [0.3, 0.4) is 0 Å². The molecule has 1 aliphatic heterocycles. The lowest BCUT2D eigenvalue weighted by atomic mass is 10.0. The highest BCUT2D eigenvalue weighted by molar-refractivity contribution is 9.10. The fourth-order valence-corrected chi connectivity index (χ4v) is 2.65. The second-order valence-electron chi connectivity index (χ2n) is 4.55. The van der Waals surface area contributed by atoms with E-state index >= 15 is 0 Å². The van der Waals surface area contributed by atoms with Crippen LogP contribution in [0.5, 0.6) is 5.75 Å². The summed E-state index contributed by atoms with van der Waals surface area (Å²) in [6, 6.07) is 12.7. The molecule has 19 heavy (non-hydrogen) atoms. The summed E-state index contributed by atoms with van der Waals surface area (Å²) in [5.41, 5.74) is 1.98. The normalized spacial score (nSPS) is 16.8. The van der Waals surface area contributed by atoms with Crippen molar-refractivity contribution in [3.63, 3.8) is 0 Å². The van der Waals surface area contributed by atoms with Crippen LogP contribution in [0.15, 0.2) is 46.9 Å². The molecule has 1 atom stereocenters. The molecule has 1 N–H and O–H groups in total.